The second-order valence-electron chi connectivity index (χ2n) is 18.4. The highest BCUT2D eigenvalue weighted by molar-refractivity contribution is 5.85. The number of aliphatic hydroxyl groups excluding tert-OH is 4. The number of rotatable bonds is 7. The van der Waals surface area contributed by atoms with E-state index in [-0.39, 0.29) is 54.7 Å². The van der Waals surface area contributed by atoms with Gasteiger partial charge in [0.05, 0.1) is 54.4 Å². The lowest BCUT2D eigenvalue weighted by atomic mass is 9.45. The number of fused-ring (bicyclic) bond motifs is 4. The summed E-state index contributed by atoms with van der Waals surface area (Å²) in [5, 5.41) is 54.9. The number of carbonyl (C=O) groups excluding carboxylic acids is 1. The molecular formula is C40H60O14. The summed E-state index contributed by atoms with van der Waals surface area (Å²) in [4.78, 5) is 11.9. The fraction of sp³-hybridized carbons (Fsp3) is 0.925. The van der Waals surface area contributed by atoms with Gasteiger partial charge in [-0.3, -0.25) is 0 Å². The Morgan fingerprint density at radius 3 is 1.96 bits per heavy atom. The first-order chi connectivity index (χ1) is 25.7. The van der Waals surface area contributed by atoms with Gasteiger partial charge in [0.1, 0.15) is 30.5 Å². The van der Waals surface area contributed by atoms with Gasteiger partial charge in [-0.25, -0.2) is 4.79 Å². The van der Waals surface area contributed by atoms with Gasteiger partial charge in [0.2, 0.25) is 0 Å². The van der Waals surface area contributed by atoms with Crippen LogP contribution >= 0.6 is 0 Å². The van der Waals surface area contributed by atoms with Crippen LogP contribution in [0.15, 0.2) is 11.6 Å². The highest BCUT2D eigenvalue weighted by Crippen LogP contribution is 2.73. The van der Waals surface area contributed by atoms with E-state index >= 15 is 0 Å². The molecule has 304 valence electrons. The molecule has 0 unspecified atom stereocenters. The zero-order valence-electron chi connectivity index (χ0n) is 31.9. The van der Waals surface area contributed by atoms with E-state index in [4.69, 9.17) is 37.9 Å². The maximum absolute atomic E-state index is 12.5. The number of hydrogen-bond donors (Lipinski definition) is 5. The molecular weight excluding hydrogens is 704 g/mol. The van der Waals surface area contributed by atoms with Gasteiger partial charge in [0.25, 0.3) is 0 Å². The Hall–Kier alpha value is -1.27. The van der Waals surface area contributed by atoms with E-state index in [1.165, 1.54) is 0 Å². The van der Waals surface area contributed by atoms with Crippen LogP contribution in [0.2, 0.25) is 0 Å². The summed E-state index contributed by atoms with van der Waals surface area (Å²) in [6, 6.07) is 0. The molecule has 9 aliphatic rings. The molecule has 0 aromatic rings. The fourth-order valence-corrected chi connectivity index (χ4v) is 12.7. The highest BCUT2D eigenvalue weighted by Gasteiger charge is 2.81. The normalized spacial score (nSPS) is 56.9. The Bertz CT molecular complexity index is 1420. The molecule has 4 aliphatic carbocycles. The van der Waals surface area contributed by atoms with Crippen molar-refractivity contribution in [1.29, 1.82) is 0 Å². The summed E-state index contributed by atoms with van der Waals surface area (Å²) >= 11 is 0. The van der Waals surface area contributed by atoms with Crippen LogP contribution in [-0.4, -0.2) is 135 Å². The van der Waals surface area contributed by atoms with E-state index in [1.807, 2.05) is 6.92 Å². The number of carbonyl (C=O) groups is 1. The van der Waals surface area contributed by atoms with Crippen molar-refractivity contribution in [2.75, 3.05) is 6.61 Å². The number of cyclic esters (lactones) is 1. The number of ether oxygens (including phenoxy) is 8. The lowest BCUT2D eigenvalue weighted by molar-refractivity contribution is -0.336. The van der Waals surface area contributed by atoms with E-state index in [1.54, 1.807) is 19.9 Å². The Morgan fingerprint density at radius 1 is 0.722 bits per heavy atom. The maximum atomic E-state index is 12.5. The third-order valence-electron chi connectivity index (χ3n) is 15.5. The van der Waals surface area contributed by atoms with Gasteiger partial charge < -0.3 is 63.4 Å². The number of hydrogen-bond acceptors (Lipinski definition) is 14. The molecule has 5 aliphatic heterocycles. The molecule has 1 spiro atoms. The van der Waals surface area contributed by atoms with Crippen LogP contribution in [0, 0.1) is 29.1 Å². The molecule has 0 aromatic heterocycles. The van der Waals surface area contributed by atoms with Crippen molar-refractivity contribution in [2.24, 2.45) is 29.1 Å². The van der Waals surface area contributed by atoms with E-state index in [2.05, 4.69) is 6.92 Å². The first-order valence-corrected chi connectivity index (χ1v) is 20.6. The summed E-state index contributed by atoms with van der Waals surface area (Å²) in [7, 11) is 0. The molecule has 14 nitrogen and oxygen atoms in total. The summed E-state index contributed by atoms with van der Waals surface area (Å²) in [5.41, 5.74) is -0.408. The van der Waals surface area contributed by atoms with E-state index in [9.17, 15) is 30.3 Å². The predicted octanol–water partition coefficient (Wildman–Crippen LogP) is 1.99. The molecule has 9 rings (SSSR count). The number of esters is 1. The second kappa shape index (κ2) is 13.9. The van der Waals surface area contributed by atoms with E-state index in [0.717, 1.165) is 50.5 Å². The van der Waals surface area contributed by atoms with Crippen molar-refractivity contribution in [3.63, 3.8) is 0 Å². The summed E-state index contributed by atoms with van der Waals surface area (Å²) in [6.45, 7) is 8.02. The lowest BCUT2D eigenvalue weighted by Crippen LogP contribution is -2.62. The minimum Gasteiger partial charge on any atom is -0.458 e. The van der Waals surface area contributed by atoms with Crippen LogP contribution in [0.4, 0.5) is 0 Å². The van der Waals surface area contributed by atoms with Crippen molar-refractivity contribution in [2.45, 2.75) is 196 Å². The van der Waals surface area contributed by atoms with Gasteiger partial charge in [-0.2, -0.15) is 0 Å². The van der Waals surface area contributed by atoms with Crippen molar-refractivity contribution in [3.8, 4) is 0 Å². The molecule has 21 atom stereocenters. The van der Waals surface area contributed by atoms with Gasteiger partial charge >= 0.3 is 5.97 Å². The van der Waals surface area contributed by atoms with Crippen molar-refractivity contribution >= 4 is 5.97 Å². The molecule has 14 heteroatoms. The first-order valence-electron chi connectivity index (χ1n) is 20.6. The first kappa shape index (κ1) is 38.3. The minimum absolute atomic E-state index is 0.00209. The molecule has 5 N–H and O–H groups in total. The molecule has 4 saturated carbocycles. The van der Waals surface area contributed by atoms with Crippen LogP contribution in [0.25, 0.3) is 0 Å². The summed E-state index contributed by atoms with van der Waals surface area (Å²) in [6.07, 6.45) is 0.284. The highest BCUT2D eigenvalue weighted by atomic mass is 16.7. The SMILES string of the molecule is C[C@H]1O[C@@H](O[C@H]2[C@@H](O)C[C@H](O[C@H]3[C@@H](O)C[C@H](O[C@H]4CC[C@@]5(C)[C@H](CC[C@@H]6[C@@H]5C[C@H]5O[C@]57[C@@H](C5=CC(=O)OC5)CC[C@]67O)C4)O[C@@H]3C)O[C@@H]2C)C[C@H](O)[C@@H]1O. The number of aliphatic hydroxyl groups is 5. The zero-order valence-corrected chi connectivity index (χ0v) is 31.9. The smallest absolute Gasteiger partial charge is 0.331 e. The van der Waals surface area contributed by atoms with Crippen LogP contribution in [0.1, 0.15) is 98.3 Å². The Balaban J connectivity index is 0.769. The van der Waals surface area contributed by atoms with Gasteiger partial charge in [-0.15, -0.1) is 0 Å². The molecule has 0 aromatic carbocycles. The fourth-order valence-electron chi connectivity index (χ4n) is 12.7. The van der Waals surface area contributed by atoms with E-state index in [0.29, 0.717) is 24.9 Å². The molecule has 54 heavy (non-hydrogen) atoms. The van der Waals surface area contributed by atoms with Crippen molar-refractivity contribution in [3.05, 3.63) is 11.6 Å². The van der Waals surface area contributed by atoms with E-state index < -0.39 is 85.0 Å². The predicted molar refractivity (Wildman–Crippen MR) is 186 cm³/mol. The Labute approximate surface area is 316 Å². The monoisotopic (exact) mass is 764 g/mol. The van der Waals surface area contributed by atoms with Crippen LogP contribution in [-0.2, 0) is 42.7 Å². The molecule has 0 bridgehead atoms. The molecule has 8 fully saturated rings. The van der Waals surface area contributed by atoms with Crippen LogP contribution < -0.4 is 0 Å². The second-order valence-corrected chi connectivity index (χ2v) is 18.4. The number of epoxide rings is 1. The largest absolute Gasteiger partial charge is 0.458 e. The molecule has 4 saturated heterocycles. The standard InChI is InChI=1S/C40H60O14/c1-18-35(45)27(41)14-33(48-18)52-37-20(3)50-34(16-29(37)43)53-36-19(2)49-32(15-28(36)42)51-23-7-9-38(4)22(12-23)5-6-25-26(38)13-30-40(54-30)24(8-10-39(25,40)46)21-11-31(44)47-17-21/h11,18-20,22-30,32-37,41-43,45-46H,5-10,12-17H2,1-4H3/t18-,19-,20-,22-,23+,24-,25-,26+,27+,28+,29+,30-,32+,33+,34+,35-,36-,37-,38+,39+,40-/m1/s1. The third-order valence-corrected chi connectivity index (χ3v) is 15.5. The average Bonchev–Trinajstić information content (AvgIpc) is 3.57. The lowest BCUT2D eigenvalue weighted by Gasteiger charge is -2.60. The van der Waals surface area contributed by atoms with Crippen molar-refractivity contribution in [1.82, 2.24) is 0 Å². The average molecular weight is 765 g/mol. The maximum Gasteiger partial charge on any atom is 0.331 e. The molecule has 0 amide bonds. The van der Waals surface area contributed by atoms with Gasteiger partial charge in [0.15, 0.2) is 18.9 Å². The quantitative estimate of drug-likeness (QED) is 0.144. The Morgan fingerprint density at radius 2 is 1.35 bits per heavy atom. The molecule has 0 radical (unpaired) electrons. The van der Waals surface area contributed by atoms with Gasteiger partial charge in [-0.05, 0) is 101 Å². The van der Waals surface area contributed by atoms with Crippen molar-refractivity contribution < 1.29 is 68.2 Å². The summed E-state index contributed by atoms with van der Waals surface area (Å²) < 4.78 is 48.7. The van der Waals surface area contributed by atoms with Gasteiger partial charge in [-0.1, -0.05) is 6.92 Å². The van der Waals surface area contributed by atoms with Crippen LogP contribution in [0.5, 0.6) is 0 Å². The molecule has 5 heterocycles. The summed E-state index contributed by atoms with van der Waals surface area (Å²) in [5.74, 6) is 0.735. The topological polar surface area (TPSA) is 195 Å². The Kier molecular flexibility index (Phi) is 9.88. The zero-order chi connectivity index (χ0) is 37.9. The minimum atomic E-state index is -0.998. The van der Waals surface area contributed by atoms with Crippen LogP contribution in [0.3, 0.4) is 0 Å². The van der Waals surface area contributed by atoms with Gasteiger partial charge in [0, 0.05) is 31.3 Å². The third kappa shape index (κ3) is 6.16.